The quantitative estimate of drug-likeness (QED) is 0.0709. The van der Waals surface area contributed by atoms with Gasteiger partial charge in [-0.25, -0.2) is 0 Å². The van der Waals surface area contributed by atoms with Crippen molar-refractivity contribution in [1.29, 1.82) is 0 Å². The number of anilines is 18. The highest BCUT2D eigenvalue weighted by Gasteiger charge is 2.25. The Labute approximate surface area is 765 Å². The van der Waals surface area contributed by atoms with Crippen molar-refractivity contribution in [2.24, 2.45) is 0 Å². The SMILES string of the molecule is c1ccc(-c2cc(N(c3ccccc3)c3ccccc3)cc(N(c3ccccc3)c3ccc4c(c3)sc3ccc(N(c5ccccc5)c5ccccc5)cc34)c2)cc1.c1ccc(-c2ccc(N(c3ccc(-c4ccccc4)cc3)c3cccc(N(c4ccc5ccccc5c4)c4ccc5c(c4)sc4ccc(N(c6ccccc6)c6ccc7ccccc7c6)cc45)c3)cc2)cc1. The number of para-hydroxylation sites is 6. The molecule has 0 unspecified atom stereocenters. The Kier molecular flexibility index (Phi) is 21.8. The van der Waals surface area contributed by atoms with Gasteiger partial charge in [0, 0.05) is 143 Å². The van der Waals surface area contributed by atoms with Gasteiger partial charge in [-0.05, 0) is 273 Å². The number of hydrogen-bond acceptors (Lipinski definition) is 8. The lowest BCUT2D eigenvalue weighted by atomic mass is 10.0. The van der Waals surface area contributed by atoms with Gasteiger partial charge in [-0.1, -0.05) is 303 Å². The highest BCUT2D eigenvalue weighted by atomic mass is 32.1. The lowest BCUT2D eigenvalue weighted by Gasteiger charge is -2.30. The van der Waals surface area contributed by atoms with E-state index in [1.807, 2.05) is 22.7 Å². The Morgan fingerprint density at radius 2 is 0.331 bits per heavy atom. The Balaban J connectivity index is 0.000000156. The number of thiophene rings is 2. The van der Waals surface area contributed by atoms with Gasteiger partial charge < -0.3 is 29.4 Å². The van der Waals surface area contributed by atoms with Crippen LogP contribution in [-0.2, 0) is 0 Å². The summed E-state index contributed by atoms with van der Waals surface area (Å²) in [6.07, 6.45) is 0. The Morgan fingerprint density at radius 3 is 0.692 bits per heavy atom. The molecule has 8 heteroatoms. The van der Waals surface area contributed by atoms with E-state index >= 15 is 0 Å². The first kappa shape index (κ1) is 79.3. The van der Waals surface area contributed by atoms with Crippen molar-refractivity contribution in [3.63, 3.8) is 0 Å². The zero-order chi connectivity index (χ0) is 86.5. The molecule has 21 aromatic carbocycles. The lowest BCUT2D eigenvalue weighted by Crippen LogP contribution is -2.13. The van der Waals surface area contributed by atoms with E-state index in [2.05, 4.69) is 551 Å². The summed E-state index contributed by atoms with van der Waals surface area (Å²) >= 11 is 3.69. The number of rotatable bonds is 21. The van der Waals surface area contributed by atoms with Gasteiger partial charge in [0.25, 0.3) is 0 Å². The highest BCUT2D eigenvalue weighted by Crippen LogP contribution is 2.50. The molecule has 23 rings (SSSR count). The van der Waals surface area contributed by atoms with Gasteiger partial charge in [0.05, 0.1) is 0 Å². The van der Waals surface area contributed by atoms with E-state index in [1.165, 1.54) is 84.1 Å². The second-order valence-corrected chi connectivity index (χ2v) is 34.6. The summed E-state index contributed by atoms with van der Waals surface area (Å²) in [7, 11) is 0. The van der Waals surface area contributed by atoms with Crippen molar-refractivity contribution in [2.45, 2.75) is 0 Å². The molecule has 0 radical (unpaired) electrons. The molecule has 0 aliphatic rings. The van der Waals surface area contributed by atoms with Gasteiger partial charge in [-0.2, -0.15) is 0 Å². The fraction of sp³-hybridized carbons (Fsp3) is 0. The van der Waals surface area contributed by atoms with Crippen molar-refractivity contribution < 1.29 is 0 Å². The van der Waals surface area contributed by atoms with Gasteiger partial charge in [0.2, 0.25) is 0 Å². The molecule has 0 aliphatic carbocycles. The number of benzene rings is 21. The molecule has 2 aromatic heterocycles. The number of hydrogen-bond donors (Lipinski definition) is 0. The predicted octanol–water partition coefficient (Wildman–Crippen LogP) is 36.2. The lowest BCUT2D eigenvalue weighted by molar-refractivity contribution is 1.25. The molecule has 0 spiro atoms. The van der Waals surface area contributed by atoms with Crippen LogP contribution in [0.3, 0.4) is 0 Å². The van der Waals surface area contributed by atoms with Crippen molar-refractivity contribution >= 4 is 187 Å². The topological polar surface area (TPSA) is 19.4 Å². The molecule has 23 aromatic rings. The molecule has 0 amide bonds. The van der Waals surface area contributed by atoms with Crippen LogP contribution in [0.25, 0.3) is 95.3 Å². The minimum absolute atomic E-state index is 1.06. The number of fused-ring (bicyclic) bond motifs is 8. The van der Waals surface area contributed by atoms with Crippen LogP contribution in [0.4, 0.5) is 102 Å². The molecule has 6 nitrogen and oxygen atoms in total. The van der Waals surface area contributed by atoms with Gasteiger partial charge in [0.15, 0.2) is 0 Å². The van der Waals surface area contributed by atoms with Crippen LogP contribution in [0, 0.1) is 0 Å². The van der Waals surface area contributed by atoms with E-state index in [0.717, 1.165) is 113 Å². The summed E-state index contributed by atoms with van der Waals surface area (Å²) < 4.78 is 4.99. The molecular formula is C122H86N6S2. The maximum atomic E-state index is 2.41. The van der Waals surface area contributed by atoms with Crippen LogP contribution < -0.4 is 29.4 Å². The van der Waals surface area contributed by atoms with Crippen LogP contribution >= 0.6 is 22.7 Å². The first-order valence-electron chi connectivity index (χ1n) is 44.1. The second-order valence-electron chi connectivity index (χ2n) is 32.5. The first-order chi connectivity index (χ1) is 64.4. The summed E-state index contributed by atoms with van der Waals surface area (Å²) in [5.74, 6) is 0. The van der Waals surface area contributed by atoms with Crippen LogP contribution in [-0.4, -0.2) is 0 Å². The highest BCUT2D eigenvalue weighted by molar-refractivity contribution is 7.26. The minimum Gasteiger partial charge on any atom is -0.310 e. The van der Waals surface area contributed by atoms with E-state index in [1.54, 1.807) is 0 Å². The van der Waals surface area contributed by atoms with Crippen LogP contribution in [0.5, 0.6) is 0 Å². The van der Waals surface area contributed by atoms with Crippen molar-refractivity contribution in [3.8, 4) is 33.4 Å². The Bertz CT molecular complexity index is 7740. The minimum atomic E-state index is 1.06. The molecule has 0 bridgehead atoms. The van der Waals surface area contributed by atoms with Gasteiger partial charge in [0.1, 0.15) is 0 Å². The molecule has 0 fully saturated rings. The normalized spacial score (nSPS) is 11.2. The number of nitrogens with zero attached hydrogens (tertiary/aromatic N) is 6. The molecule has 130 heavy (non-hydrogen) atoms. The summed E-state index contributed by atoms with van der Waals surface area (Å²) in [6, 6.07) is 188. The summed E-state index contributed by atoms with van der Waals surface area (Å²) in [4.78, 5) is 14.2. The van der Waals surface area contributed by atoms with Crippen molar-refractivity contribution in [3.05, 3.63) is 522 Å². The van der Waals surface area contributed by atoms with Gasteiger partial charge >= 0.3 is 0 Å². The summed E-state index contributed by atoms with van der Waals surface area (Å²) in [6.45, 7) is 0. The standard InChI is InChI=1S/C68H47N3S.C54H39N3S/c1-4-15-48(16-5-1)52-27-33-57(34-28-52)69(58-35-29-53(30-36-58)49-17-6-2-7-18-49)59-25-14-26-60(45-59)71(62-38-32-51-20-11-13-22-55(51)44-62)64-39-41-65-66-46-63(40-42-67(66)72-68(65)47-64)70(56-23-8-3-9-24-56)61-37-31-50-19-10-12-21-54(50)43-61;1-7-19-40(20-8-1)41-35-49(56(44-25-13-4-14-26-44)45-27-15-5-16-28-45)37-50(36-41)57(46-29-17-6-18-30-46)48-31-33-51-52-38-47(32-34-53(52)58-54(51)39-48)55(42-21-9-2-10-22-42)43-23-11-3-12-24-43/h1-47H;1-39H. The third-order valence-corrected chi connectivity index (χ3v) is 26.6. The average Bonchev–Trinajstić information content (AvgIpc) is 1.59. The van der Waals surface area contributed by atoms with Crippen LogP contribution in [0.15, 0.2) is 522 Å². The third kappa shape index (κ3) is 16.2. The van der Waals surface area contributed by atoms with E-state index in [9.17, 15) is 0 Å². The molecular weight excluding hydrogens is 1610 g/mol. The maximum Gasteiger partial charge on any atom is 0.0488 e. The fourth-order valence-electron chi connectivity index (χ4n) is 18.1. The van der Waals surface area contributed by atoms with E-state index in [4.69, 9.17) is 0 Å². The Hall–Kier alpha value is -16.6. The first-order valence-corrected chi connectivity index (χ1v) is 45.7. The second kappa shape index (κ2) is 35.8. The molecule has 616 valence electrons. The largest absolute Gasteiger partial charge is 0.310 e. The zero-order valence-electron chi connectivity index (χ0n) is 71.2. The van der Waals surface area contributed by atoms with Gasteiger partial charge in [-0.15, -0.1) is 22.7 Å². The van der Waals surface area contributed by atoms with Gasteiger partial charge in [-0.3, -0.25) is 0 Å². The molecule has 0 N–H and O–H groups in total. The molecule has 0 saturated heterocycles. The predicted molar refractivity (Wildman–Crippen MR) is 558 cm³/mol. The summed E-state index contributed by atoms with van der Waals surface area (Å²) in [5, 5.41) is 9.83. The van der Waals surface area contributed by atoms with Crippen LogP contribution in [0.1, 0.15) is 0 Å². The molecule has 0 atom stereocenters. The monoisotopic (exact) mass is 1700 g/mol. The third-order valence-electron chi connectivity index (χ3n) is 24.3. The zero-order valence-corrected chi connectivity index (χ0v) is 72.8. The van der Waals surface area contributed by atoms with Crippen molar-refractivity contribution in [2.75, 3.05) is 29.4 Å². The molecule has 0 aliphatic heterocycles. The van der Waals surface area contributed by atoms with E-state index in [-0.39, 0.29) is 0 Å². The van der Waals surface area contributed by atoms with Crippen molar-refractivity contribution in [1.82, 2.24) is 0 Å². The molecule has 2 heterocycles. The van der Waals surface area contributed by atoms with E-state index < -0.39 is 0 Å². The average molecular weight is 1700 g/mol. The Morgan fingerprint density at radius 1 is 0.108 bits per heavy atom. The van der Waals surface area contributed by atoms with Crippen LogP contribution in [0.2, 0.25) is 0 Å². The van der Waals surface area contributed by atoms with E-state index in [0.29, 0.717) is 0 Å². The summed E-state index contributed by atoms with van der Waals surface area (Å²) in [5.41, 5.74) is 26.8. The smallest absolute Gasteiger partial charge is 0.0488 e. The maximum absolute atomic E-state index is 2.41. The fourth-order valence-corrected chi connectivity index (χ4v) is 20.4. The molecule has 0 saturated carbocycles.